The first kappa shape index (κ1) is 17.7. The second kappa shape index (κ2) is 7.39. The van der Waals surface area contributed by atoms with Crippen LogP contribution < -0.4 is 4.74 Å². The molecule has 0 saturated carbocycles. The number of fused-ring (bicyclic) bond motifs is 1. The molecular weight excluding hydrogens is 328 g/mol. The third-order valence-electron chi connectivity index (χ3n) is 4.90. The number of rotatable bonds is 4. The van der Waals surface area contributed by atoms with E-state index in [1.807, 2.05) is 12.1 Å². The van der Waals surface area contributed by atoms with Crippen LogP contribution in [-0.4, -0.2) is 69.9 Å². The maximum Gasteiger partial charge on any atom is 0.211 e. The van der Waals surface area contributed by atoms with Crippen LogP contribution in [0.15, 0.2) is 24.3 Å². The molecular formula is C17H26N2O4S. The van der Waals surface area contributed by atoms with Gasteiger partial charge < -0.3 is 9.47 Å². The van der Waals surface area contributed by atoms with Crippen molar-refractivity contribution in [2.45, 2.75) is 19.1 Å². The summed E-state index contributed by atoms with van der Waals surface area (Å²) < 4.78 is 36.5. The predicted octanol–water partition coefficient (Wildman–Crippen LogP) is 1.18. The number of ether oxygens (including phenoxy) is 2. The molecule has 0 spiro atoms. The van der Waals surface area contributed by atoms with Crippen LogP contribution in [-0.2, 0) is 21.3 Å². The quantitative estimate of drug-likeness (QED) is 0.813. The van der Waals surface area contributed by atoms with Crippen LogP contribution in [0.1, 0.15) is 12.0 Å². The van der Waals surface area contributed by atoms with Gasteiger partial charge in [-0.15, -0.1) is 0 Å². The van der Waals surface area contributed by atoms with Gasteiger partial charge in [0.25, 0.3) is 0 Å². The molecule has 0 aliphatic carbocycles. The van der Waals surface area contributed by atoms with Gasteiger partial charge >= 0.3 is 0 Å². The van der Waals surface area contributed by atoms with Gasteiger partial charge in [0.1, 0.15) is 5.75 Å². The second-order valence-electron chi connectivity index (χ2n) is 6.67. The lowest BCUT2D eigenvalue weighted by Gasteiger charge is -2.37. The first-order valence-electron chi connectivity index (χ1n) is 8.38. The number of methoxy groups -OCH3 is 1. The maximum absolute atomic E-state index is 11.8. The third kappa shape index (κ3) is 4.27. The summed E-state index contributed by atoms with van der Waals surface area (Å²) in [6.07, 6.45) is 2.35. The van der Waals surface area contributed by atoms with Gasteiger partial charge in [-0.3, -0.25) is 4.90 Å². The molecule has 24 heavy (non-hydrogen) atoms. The molecule has 2 saturated heterocycles. The molecule has 2 heterocycles. The van der Waals surface area contributed by atoms with Crippen molar-refractivity contribution in [2.24, 2.45) is 5.92 Å². The van der Waals surface area contributed by atoms with Gasteiger partial charge in [0, 0.05) is 32.1 Å². The Morgan fingerprint density at radius 2 is 2.12 bits per heavy atom. The SMILES string of the molecule is COc1cccc(CN2CC[C@@H]3CN(S(C)(=O)=O)CCO[C@@H]3C2)c1. The largest absolute Gasteiger partial charge is 0.497 e. The summed E-state index contributed by atoms with van der Waals surface area (Å²) in [5, 5.41) is 0. The lowest BCUT2D eigenvalue weighted by atomic mass is 9.93. The second-order valence-corrected chi connectivity index (χ2v) is 8.65. The van der Waals surface area contributed by atoms with E-state index in [9.17, 15) is 8.42 Å². The first-order valence-corrected chi connectivity index (χ1v) is 10.2. The van der Waals surface area contributed by atoms with E-state index < -0.39 is 10.0 Å². The number of hydrogen-bond donors (Lipinski definition) is 0. The van der Waals surface area contributed by atoms with Crippen LogP contribution in [0.3, 0.4) is 0 Å². The van der Waals surface area contributed by atoms with Crippen molar-refractivity contribution < 1.29 is 17.9 Å². The normalized spacial score (nSPS) is 26.6. The number of likely N-dealkylation sites (tertiary alicyclic amines) is 1. The van der Waals surface area contributed by atoms with Crippen molar-refractivity contribution in [3.05, 3.63) is 29.8 Å². The Morgan fingerprint density at radius 1 is 1.29 bits per heavy atom. The Labute approximate surface area is 144 Å². The zero-order valence-electron chi connectivity index (χ0n) is 14.3. The Kier molecular flexibility index (Phi) is 5.44. The molecule has 0 aromatic heterocycles. The van der Waals surface area contributed by atoms with Gasteiger partial charge in [-0.1, -0.05) is 12.1 Å². The molecule has 1 aromatic carbocycles. The molecule has 0 amide bonds. The van der Waals surface area contributed by atoms with Crippen LogP contribution in [0.25, 0.3) is 0 Å². The van der Waals surface area contributed by atoms with Crippen LogP contribution in [0.5, 0.6) is 5.75 Å². The molecule has 2 atom stereocenters. The van der Waals surface area contributed by atoms with Crippen LogP contribution >= 0.6 is 0 Å². The molecule has 6 nitrogen and oxygen atoms in total. The average molecular weight is 354 g/mol. The summed E-state index contributed by atoms with van der Waals surface area (Å²) in [5.41, 5.74) is 1.22. The van der Waals surface area contributed by atoms with Gasteiger partial charge in [0.2, 0.25) is 10.0 Å². The van der Waals surface area contributed by atoms with Crippen molar-refractivity contribution >= 4 is 10.0 Å². The Balaban J connectivity index is 1.62. The van der Waals surface area contributed by atoms with Crippen molar-refractivity contribution in [3.8, 4) is 5.75 Å². The van der Waals surface area contributed by atoms with E-state index in [0.717, 1.165) is 31.8 Å². The summed E-state index contributed by atoms with van der Waals surface area (Å²) in [7, 11) is -1.47. The van der Waals surface area contributed by atoms with E-state index >= 15 is 0 Å². The van der Waals surface area contributed by atoms with E-state index in [0.29, 0.717) is 19.7 Å². The van der Waals surface area contributed by atoms with Gasteiger partial charge in [0.15, 0.2) is 0 Å². The molecule has 0 bridgehead atoms. The highest BCUT2D eigenvalue weighted by Gasteiger charge is 2.35. The molecule has 2 aliphatic rings. The molecule has 134 valence electrons. The van der Waals surface area contributed by atoms with Gasteiger partial charge in [-0.05, 0) is 30.7 Å². The highest BCUT2D eigenvalue weighted by molar-refractivity contribution is 7.88. The third-order valence-corrected chi connectivity index (χ3v) is 6.17. The number of hydrogen-bond acceptors (Lipinski definition) is 5. The summed E-state index contributed by atoms with van der Waals surface area (Å²) in [6.45, 7) is 4.18. The van der Waals surface area contributed by atoms with Gasteiger partial charge in [-0.25, -0.2) is 8.42 Å². The number of nitrogens with zero attached hydrogens (tertiary/aromatic N) is 2. The summed E-state index contributed by atoms with van der Waals surface area (Å²) in [4.78, 5) is 2.38. The fourth-order valence-electron chi connectivity index (χ4n) is 3.56. The fraction of sp³-hybridized carbons (Fsp3) is 0.647. The number of sulfonamides is 1. The Morgan fingerprint density at radius 3 is 2.88 bits per heavy atom. The zero-order chi connectivity index (χ0) is 17.2. The maximum atomic E-state index is 11.8. The molecule has 0 radical (unpaired) electrons. The van der Waals surface area contributed by atoms with E-state index in [4.69, 9.17) is 9.47 Å². The minimum Gasteiger partial charge on any atom is -0.497 e. The Bertz CT molecular complexity index is 664. The predicted molar refractivity (Wildman–Crippen MR) is 92.5 cm³/mol. The van der Waals surface area contributed by atoms with Crippen LogP contribution in [0.4, 0.5) is 0 Å². The average Bonchev–Trinajstić information content (AvgIpc) is 2.77. The minimum absolute atomic E-state index is 0.108. The molecule has 2 fully saturated rings. The first-order chi connectivity index (χ1) is 11.5. The topological polar surface area (TPSA) is 59.1 Å². The van der Waals surface area contributed by atoms with E-state index in [2.05, 4.69) is 17.0 Å². The highest BCUT2D eigenvalue weighted by Crippen LogP contribution is 2.26. The standard InChI is InChI=1S/C17H26N2O4S/c1-22-16-5-3-4-14(10-16)11-18-7-6-15-12-19(24(2,20)21)8-9-23-17(15)13-18/h3-5,10,15,17H,6-9,11-13H2,1-2H3/t15-,17-/m1/s1. The molecule has 7 heteroatoms. The van der Waals surface area contributed by atoms with Gasteiger partial charge in [-0.2, -0.15) is 4.31 Å². The molecule has 0 N–H and O–H groups in total. The molecule has 1 aromatic rings. The number of benzene rings is 1. The molecule has 0 unspecified atom stereocenters. The Hall–Kier alpha value is -1.15. The van der Waals surface area contributed by atoms with Crippen LogP contribution in [0.2, 0.25) is 0 Å². The summed E-state index contributed by atoms with van der Waals surface area (Å²) in [6, 6.07) is 8.12. The summed E-state index contributed by atoms with van der Waals surface area (Å²) >= 11 is 0. The van der Waals surface area contributed by atoms with E-state index in [1.54, 1.807) is 11.4 Å². The van der Waals surface area contributed by atoms with Crippen molar-refractivity contribution in [3.63, 3.8) is 0 Å². The monoisotopic (exact) mass is 354 g/mol. The van der Waals surface area contributed by atoms with Crippen molar-refractivity contribution in [2.75, 3.05) is 46.2 Å². The number of piperidine rings is 1. The molecule has 3 rings (SSSR count). The smallest absolute Gasteiger partial charge is 0.211 e. The fourth-order valence-corrected chi connectivity index (χ4v) is 4.43. The van der Waals surface area contributed by atoms with Gasteiger partial charge in [0.05, 0.1) is 26.1 Å². The van der Waals surface area contributed by atoms with Crippen molar-refractivity contribution in [1.29, 1.82) is 0 Å². The highest BCUT2D eigenvalue weighted by atomic mass is 32.2. The van der Waals surface area contributed by atoms with Crippen molar-refractivity contribution in [1.82, 2.24) is 9.21 Å². The zero-order valence-corrected chi connectivity index (χ0v) is 15.2. The van der Waals surface area contributed by atoms with E-state index in [-0.39, 0.29) is 12.0 Å². The van der Waals surface area contributed by atoms with Crippen LogP contribution in [0, 0.1) is 5.92 Å². The summed E-state index contributed by atoms with van der Waals surface area (Å²) in [5.74, 6) is 1.15. The lowest BCUT2D eigenvalue weighted by Crippen LogP contribution is -2.47. The molecule has 2 aliphatic heterocycles. The minimum atomic E-state index is -3.14. The van der Waals surface area contributed by atoms with E-state index in [1.165, 1.54) is 11.8 Å². The lowest BCUT2D eigenvalue weighted by molar-refractivity contribution is -0.0240.